The number of carbonyl (C=O) groups excluding carboxylic acids is 2. The first kappa shape index (κ1) is 24.4. The van der Waals surface area contributed by atoms with Crippen molar-refractivity contribution in [2.24, 2.45) is 0 Å². The summed E-state index contributed by atoms with van der Waals surface area (Å²) in [6.45, 7) is 1.36. The number of benzene rings is 3. The Labute approximate surface area is 198 Å². The molecule has 9 heteroatoms. The van der Waals surface area contributed by atoms with Crippen LogP contribution in [0, 0.1) is 6.92 Å². The van der Waals surface area contributed by atoms with Gasteiger partial charge in [-0.25, -0.2) is 12.7 Å². The predicted octanol–water partition coefficient (Wildman–Crippen LogP) is 4.15. The van der Waals surface area contributed by atoms with Gasteiger partial charge in [-0.2, -0.15) is 0 Å². The van der Waals surface area contributed by atoms with Crippen LogP contribution in [0.3, 0.4) is 0 Å². The predicted molar refractivity (Wildman–Crippen MR) is 128 cm³/mol. The van der Waals surface area contributed by atoms with Gasteiger partial charge in [0, 0.05) is 30.2 Å². The number of halogens is 1. The van der Waals surface area contributed by atoms with Gasteiger partial charge in [-0.15, -0.1) is 0 Å². The first-order valence-corrected chi connectivity index (χ1v) is 11.8. The Kier molecular flexibility index (Phi) is 7.53. The number of hydrogen-bond acceptors (Lipinski definition) is 5. The SMILES string of the molecule is Cc1cc(S(=O)(=O)N(C)C)ccc1OCC(=O)Nc1ccc(Cl)cc1C(=O)c1ccccc1. The van der Waals surface area contributed by atoms with Crippen molar-refractivity contribution in [2.75, 3.05) is 26.0 Å². The van der Waals surface area contributed by atoms with Crippen LogP contribution in [0.1, 0.15) is 21.5 Å². The fraction of sp³-hybridized carbons (Fsp3) is 0.167. The van der Waals surface area contributed by atoms with Crippen molar-refractivity contribution >= 4 is 39.0 Å². The fourth-order valence-electron chi connectivity index (χ4n) is 3.04. The van der Waals surface area contributed by atoms with Crippen LogP contribution in [-0.2, 0) is 14.8 Å². The Morgan fingerprint density at radius 2 is 1.70 bits per heavy atom. The minimum absolute atomic E-state index is 0.132. The lowest BCUT2D eigenvalue weighted by Gasteiger charge is -2.15. The quantitative estimate of drug-likeness (QED) is 0.483. The molecule has 0 aromatic heterocycles. The average molecular weight is 487 g/mol. The number of amides is 1. The number of nitrogens with zero attached hydrogens (tertiary/aromatic N) is 1. The van der Waals surface area contributed by atoms with Crippen LogP contribution in [0.5, 0.6) is 5.75 Å². The van der Waals surface area contributed by atoms with Crippen molar-refractivity contribution in [1.29, 1.82) is 0 Å². The van der Waals surface area contributed by atoms with Gasteiger partial charge in [-0.3, -0.25) is 9.59 Å². The van der Waals surface area contributed by atoms with E-state index in [2.05, 4.69) is 5.32 Å². The molecule has 1 N–H and O–H groups in total. The molecule has 0 aliphatic rings. The van der Waals surface area contributed by atoms with Crippen molar-refractivity contribution in [3.8, 4) is 5.75 Å². The molecule has 7 nitrogen and oxygen atoms in total. The second-order valence-electron chi connectivity index (χ2n) is 7.44. The molecule has 0 saturated heterocycles. The summed E-state index contributed by atoms with van der Waals surface area (Å²) in [5, 5.41) is 3.05. The number of rotatable bonds is 8. The van der Waals surface area contributed by atoms with E-state index >= 15 is 0 Å². The molecule has 3 aromatic carbocycles. The maximum absolute atomic E-state index is 12.9. The molecule has 0 heterocycles. The van der Waals surface area contributed by atoms with Gasteiger partial charge in [0.1, 0.15) is 5.75 Å². The molecule has 0 bridgehead atoms. The molecule has 3 aromatic rings. The maximum atomic E-state index is 12.9. The van der Waals surface area contributed by atoms with Gasteiger partial charge in [0.05, 0.1) is 10.6 Å². The first-order chi connectivity index (χ1) is 15.6. The van der Waals surface area contributed by atoms with Crippen LogP contribution in [0.2, 0.25) is 5.02 Å². The number of aryl methyl sites for hydroxylation is 1. The van der Waals surface area contributed by atoms with Crippen molar-refractivity contribution in [1.82, 2.24) is 4.31 Å². The number of hydrogen-bond donors (Lipinski definition) is 1. The summed E-state index contributed by atoms with van der Waals surface area (Å²) in [6.07, 6.45) is 0. The molecule has 0 fully saturated rings. The van der Waals surface area contributed by atoms with E-state index in [9.17, 15) is 18.0 Å². The van der Waals surface area contributed by atoms with E-state index in [-0.39, 0.29) is 22.8 Å². The van der Waals surface area contributed by atoms with Gasteiger partial charge >= 0.3 is 0 Å². The summed E-state index contributed by atoms with van der Waals surface area (Å²) in [6, 6.07) is 17.7. The fourth-order valence-corrected chi connectivity index (χ4v) is 4.20. The molecule has 0 saturated carbocycles. The number of ether oxygens (including phenoxy) is 1. The molecule has 0 aliphatic carbocycles. The number of ketones is 1. The van der Waals surface area contributed by atoms with Crippen molar-refractivity contribution in [2.45, 2.75) is 11.8 Å². The Morgan fingerprint density at radius 3 is 2.33 bits per heavy atom. The van der Waals surface area contributed by atoms with Crippen LogP contribution in [0.15, 0.2) is 71.6 Å². The molecule has 0 radical (unpaired) electrons. The second-order valence-corrected chi connectivity index (χ2v) is 10.0. The Morgan fingerprint density at radius 1 is 1.00 bits per heavy atom. The molecule has 0 unspecified atom stereocenters. The molecule has 3 rings (SSSR count). The van der Waals surface area contributed by atoms with E-state index in [4.69, 9.17) is 16.3 Å². The third-order valence-corrected chi connectivity index (χ3v) is 6.87. The third kappa shape index (κ3) is 5.78. The number of carbonyl (C=O) groups is 2. The largest absolute Gasteiger partial charge is 0.483 e. The zero-order chi connectivity index (χ0) is 24.2. The van der Waals surface area contributed by atoms with Crippen molar-refractivity contribution in [3.05, 3.63) is 88.4 Å². The molecular weight excluding hydrogens is 464 g/mol. The molecule has 1 amide bonds. The van der Waals surface area contributed by atoms with Gasteiger partial charge in [0.2, 0.25) is 10.0 Å². The van der Waals surface area contributed by atoms with Crippen LogP contribution in [-0.4, -0.2) is 45.1 Å². The minimum Gasteiger partial charge on any atom is -0.483 e. The third-order valence-electron chi connectivity index (χ3n) is 4.82. The van der Waals surface area contributed by atoms with Crippen molar-refractivity contribution in [3.63, 3.8) is 0 Å². The molecular formula is C24H23ClN2O5S. The Balaban J connectivity index is 1.73. The number of sulfonamides is 1. The monoisotopic (exact) mass is 486 g/mol. The number of nitrogens with one attached hydrogen (secondary N) is 1. The molecule has 172 valence electrons. The lowest BCUT2D eigenvalue weighted by molar-refractivity contribution is -0.118. The smallest absolute Gasteiger partial charge is 0.262 e. The van der Waals surface area contributed by atoms with Gasteiger partial charge in [-0.1, -0.05) is 41.9 Å². The van der Waals surface area contributed by atoms with Gasteiger partial charge in [0.25, 0.3) is 5.91 Å². The average Bonchev–Trinajstić information content (AvgIpc) is 2.79. The highest BCUT2D eigenvalue weighted by atomic mass is 35.5. The summed E-state index contributed by atoms with van der Waals surface area (Å²) in [7, 11) is -0.669. The molecule has 0 spiro atoms. The van der Waals surface area contributed by atoms with Gasteiger partial charge in [-0.05, 0) is 48.9 Å². The molecule has 33 heavy (non-hydrogen) atoms. The Hall–Kier alpha value is -3.20. The van der Waals surface area contributed by atoms with E-state index in [1.807, 2.05) is 0 Å². The van der Waals surface area contributed by atoms with E-state index in [0.717, 1.165) is 4.31 Å². The van der Waals surface area contributed by atoms with Crippen LogP contribution in [0.25, 0.3) is 0 Å². The summed E-state index contributed by atoms with van der Waals surface area (Å²) < 4.78 is 31.2. The van der Waals surface area contributed by atoms with E-state index < -0.39 is 15.9 Å². The minimum atomic E-state index is -3.57. The summed E-state index contributed by atoms with van der Waals surface area (Å²) in [5.41, 5.74) is 1.61. The summed E-state index contributed by atoms with van der Waals surface area (Å²) >= 11 is 6.07. The van der Waals surface area contributed by atoms with E-state index in [1.54, 1.807) is 49.4 Å². The van der Waals surface area contributed by atoms with Crippen molar-refractivity contribution < 1.29 is 22.7 Å². The topological polar surface area (TPSA) is 92.8 Å². The first-order valence-electron chi connectivity index (χ1n) is 9.94. The highest BCUT2D eigenvalue weighted by Gasteiger charge is 2.19. The summed E-state index contributed by atoms with van der Waals surface area (Å²) in [4.78, 5) is 25.5. The standard InChI is InChI=1S/C24H23ClN2O5S/c1-16-13-19(33(30,31)27(2)3)10-12-22(16)32-15-23(28)26-21-11-9-18(25)14-20(21)24(29)17-7-5-4-6-8-17/h4-14H,15H2,1-3H3,(H,26,28). The van der Waals surface area contributed by atoms with E-state index in [0.29, 0.717) is 27.6 Å². The Bertz CT molecular complexity index is 1290. The van der Waals surface area contributed by atoms with Crippen LogP contribution >= 0.6 is 11.6 Å². The highest BCUT2D eigenvalue weighted by molar-refractivity contribution is 7.89. The number of anilines is 1. The molecule has 0 aliphatic heterocycles. The maximum Gasteiger partial charge on any atom is 0.262 e. The van der Waals surface area contributed by atoms with Crippen LogP contribution in [0.4, 0.5) is 5.69 Å². The zero-order valence-corrected chi connectivity index (χ0v) is 19.9. The summed E-state index contributed by atoms with van der Waals surface area (Å²) in [5.74, 6) is -0.383. The normalized spacial score (nSPS) is 11.3. The second kappa shape index (κ2) is 10.2. The molecule has 0 atom stereocenters. The lowest BCUT2D eigenvalue weighted by atomic mass is 10.0. The lowest BCUT2D eigenvalue weighted by Crippen LogP contribution is -2.23. The van der Waals surface area contributed by atoms with Crippen LogP contribution < -0.4 is 10.1 Å². The van der Waals surface area contributed by atoms with E-state index in [1.165, 1.54) is 38.4 Å². The van der Waals surface area contributed by atoms with Gasteiger partial charge in [0.15, 0.2) is 12.4 Å². The highest BCUT2D eigenvalue weighted by Crippen LogP contribution is 2.25. The zero-order valence-electron chi connectivity index (χ0n) is 18.3. The van der Waals surface area contributed by atoms with Gasteiger partial charge < -0.3 is 10.1 Å².